The summed E-state index contributed by atoms with van der Waals surface area (Å²) >= 11 is 3.98. The Kier molecular flexibility index (Phi) is 3.10. The molecule has 86 valence electrons. The van der Waals surface area contributed by atoms with Crippen molar-refractivity contribution in [2.45, 2.75) is 38.9 Å². The highest BCUT2D eigenvalue weighted by atomic mass is 32.1. The van der Waals surface area contributed by atoms with Crippen LogP contribution in [-0.2, 0) is 14.3 Å². The van der Waals surface area contributed by atoms with Crippen LogP contribution >= 0.6 is 12.6 Å². The van der Waals surface area contributed by atoms with Crippen LogP contribution in [0.3, 0.4) is 0 Å². The van der Waals surface area contributed by atoms with Crippen molar-refractivity contribution in [2.24, 2.45) is 11.3 Å². The smallest absolute Gasteiger partial charge is 0.191 e. The van der Waals surface area contributed by atoms with Crippen molar-refractivity contribution in [1.82, 2.24) is 0 Å². The molecule has 0 bridgehead atoms. The zero-order valence-electron chi connectivity index (χ0n) is 9.23. The summed E-state index contributed by atoms with van der Waals surface area (Å²) in [5.41, 5.74) is -0.374. The molecular formula is C11H18O3S. The first-order valence-corrected chi connectivity index (χ1v) is 5.91. The summed E-state index contributed by atoms with van der Waals surface area (Å²) in [5, 5.41) is -0.0335. The second-order valence-electron chi connectivity index (χ2n) is 5.11. The molecule has 2 aliphatic heterocycles. The second kappa shape index (κ2) is 4.07. The summed E-state index contributed by atoms with van der Waals surface area (Å²) in [6.45, 7) is 5.63. The van der Waals surface area contributed by atoms with Gasteiger partial charge >= 0.3 is 0 Å². The molecule has 15 heavy (non-hydrogen) atoms. The minimum atomic E-state index is -0.374. The summed E-state index contributed by atoms with van der Waals surface area (Å²) in [7, 11) is 0. The Morgan fingerprint density at radius 3 is 2.00 bits per heavy atom. The maximum Gasteiger partial charge on any atom is 0.191 e. The molecule has 2 aliphatic rings. The number of thiol groups is 1. The van der Waals surface area contributed by atoms with E-state index in [1.54, 1.807) is 0 Å². The molecule has 0 amide bonds. The molecule has 0 aromatic carbocycles. The second-order valence-corrected chi connectivity index (χ2v) is 5.51. The Labute approximate surface area is 95.9 Å². The zero-order valence-corrected chi connectivity index (χ0v) is 10.1. The predicted octanol–water partition coefficient (Wildman–Crippen LogP) is 1.66. The average molecular weight is 230 g/mol. The van der Waals surface area contributed by atoms with Gasteiger partial charge in [-0.2, -0.15) is 0 Å². The minimum Gasteiger partial charge on any atom is -0.373 e. The summed E-state index contributed by atoms with van der Waals surface area (Å²) in [6.07, 6.45) is 2.64. The Balaban J connectivity index is 1.97. The van der Waals surface area contributed by atoms with Gasteiger partial charge in [0.1, 0.15) is 0 Å². The molecule has 2 saturated heterocycles. The number of ether oxygens (including phenoxy) is 2. The van der Waals surface area contributed by atoms with Gasteiger partial charge < -0.3 is 9.47 Å². The molecule has 0 aromatic rings. The topological polar surface area (TPSA) is 42.1 Å². The van der Waals surface area contributed by atoms with E-state index in [1.807, 2.05) is 13.8 Å². The van der Waals surface area contributed by atoms with Gasteiger partial charge in [0.15, 0.2) is 5.12 Å². The highest BCUT2D eigenvalue weighted by Gasteiger charge is 2.42. The van der Waals surface area contributed by atoms with Crippen LogP contribution in [0.1, 0.15) is 26.7 Å². The summed E-state index contributed by atoms with van der Waals surface area (Å²) in [4.78, 5) is 11.5. The van der Waals surface area contributed by atoms with Crippen molar-refractivity contribution >= 4 is 17.7 Å². The molecule has 2 rings (SSSR count). The fraction of sp³-hybridized carbons (Fsp3) is 0.909. The fourth-order valence-electron chi connectivity index (χ4n) is 1.90. The van der Waals surface area contributed by atoms with E-state index < -0.39 is 0 Å². The highest BCUT2D eigenvalue weighted by molar-refractivity contribution is 7.96. The summed E-state index contributed by atoms with van der Waals surface area (Å²) < 4.78 is 10.5. The van der Waals surface area contributed by atoms with Gasteiger partial charge in [0, 0.05) is 5.41 Å². The monoisotopic (exact) mass is 230 g/mol. The first-order chi connectivity index (χ1) is 7.00. The summed E-state index contributed by atoms with van der Waals surface area (Å²) in [6, 6.07) is 0. The third kappa shape index (κ3) is 2.95. The molecule has 0 N–H and O–H groups in total. The van der Waals surface area contributed by atoms with Gasteiger partial charge in [0.2, 0.25) is 0 Å². The maximum atomic E-state index is 11.5. The van der Waals surface area contributed by atoms with Gasteiger partial charge in [-0.05, 0) is 18.8 Å². The van der Waals surface area contributed by atoms with E-state index in [-0.39, 0.29) is 10.5 Å². The van der Waals surface area contributed by atoms with Crippen LogP contribution in [-0.4, -0.2) is 30.5 Å². The molecule has 0 spiro atoms. The van der Waals surface area contributed by atoms with Crippen LogP contribution in [0.15, 0.2) is 0 Å². The molecule has 0 radical (unpaired) electrons. The molecule has 4 heteroatoms. The zero-order chi connectivity index (χ0) is 11.1. The lowest BCUT2D eigenvalue weighted by Crippen LogP contribution is -2.32. The largest absolute Gasteiger partial charge is 0.373 e. The van der Waals surface area contributed by atoms with Gasteiger partial charge in [-0.1, -0.05) is 13.8 Å². The molecule has 0 aromatic heterocycles. The van der Waals surface area contributed by atoms with Crippen molar-refractivity contribution in [3.63, 3.8) is 0 Å². The number of rotatable bonds is 6. The van der Waals surface area contributed by atoms with Gasteiger partial charge in [0.05, 0.1) is 25.4 Å². The molecule has 3 nitrogen and oxygen atoms in total. The number of hydrogen-bond acceptors (Lipinski definition) is 3. The lowest BCUT2D eigenvalue weighted by atomic mass is 9.75. The lowest BCUT2D eigenvalue weighted by molar-refractivity contribution is -0.120. The van der Waals surface area contributed by atoms with Crippen LogP contribution < -0.4 is 0 Å². The van der Waals surface area contributed by atoms with Crippen molar-refractivity contribution in [3.8, 4) is 0 Å². The predicted molar refractivity (Wildman–Crippen MR) is 60.0 cm³/mol. The molecular weight excluding hydrogens is 212 g/mol. The van der Waals surface area contributed by atoms with Crippen molar-refractivity contribution in [3.05, 3.63) is 0 Å². The normalized spacial score (nSPS) is 31.1. The number of carbonyl (C=O) groups excluding carboxylic acids is 1. The minimum absolute atomic E-state index is 0.0335. The Hall–Kier alpha value is -0.0600. The molecule has 2 unspecified atom stereocenters. The Morgan fingerprint density at radius 2 is 1.73 bits per heavy atom. The third-order valence-corrected chi connectivity index (χ3v) is 4.05. The Bertz CT molecular complexity index is 243. The number of hydrogen-bond donors (Lipinski definition) is 1. The van der Waals surface area contributed by atoms with E-state index in [4.69, 9.17) is 9.47 Å². The van der Waals surface area contributed by atoms with E-state index in [2.05, 4.69) is 12.6 Å². The van der Waals surface area contributed by atoms with E-state index in [1.165, 1.54) is 0 Å². The van der Waals surface area contributed by atoms with Gasteiger partial charge in [0.25, 0.3) is 0 Å². The Morgan fingerprint density at radius 1 is 1.33 bits per heavy atom. The summed E-state index contributed by atoms with van der Waals surface area (Å²) in [5.74, 6) is 0.322. The molecule has 0 saturated carbocycles. The van der Waals surface area contributed by atoms with Crippen LogP contribution in [0.5, 0.6) is 0 Å². The van der Waals surface area contributed by atoms with E-state index in [0.717, 1.165) is 26.1 Å². The van der Waals surface area contributed by atoms with Gasteiger partial charge in [-0.3, -0.25) is 4.79 Å². The van der Waals surface area contributed by atoms with Crippen LogP contribution in [0, 0.1) is 11.3 Å². The van der Waals surface area contributed by atoms with Crippen molar-refractivity contribution < 1.29 is 14.3 Å². The first-order valence-electron chi connectivity index (χ1n) is 5.46. The van der Waals surface area contributed by atoms with Crippen LogP contribution in [0.25, 0.3) is 0 Å². The standard InChI is InChI=1S/C11H18O3S/c1-11(2,10(12)15)7(3-8-5-13-8)4-9-6-14-9/h7-9H,3-6H2,1-2H3,(H,12,15). The number of epoxide rings is 2. The average Bonchev–Trinajstić information content (AvgIpc) is 2.96. The molecule has 0 aliphatic carbocycles. The molecule has 2 fully saturated rings. The van der Waals surface area contributed by atoms with Crippen LogP contribution in [0.4, 0.5) is 0 Å². The van der Waals surface area contributed by atoms with E-state index >= 15 is 0 Å². The third-order valence-electron chi connectivity index (χ3n) is 3.47. The highest BCUT2D eigenvalue weighted by Crippen LogP contribution is 2.40. The fourth-order valence-corrected chi connectivity index (χ4v) is 2.09. The molecule has 2 heterocycles. The van der Waals surface area contributed by atoms with Gasteiger partial charge in [-0.25, -0.2) is 0 Å². The lowest BCUT2D eigenvalue weighted by Gasteiger charge is -2.30. The van der Waals surface area contributed by atoms with Crippen molar-refractivity contribution in [2.75, 3.05) is 13.2 Å². The van der Waals surface area contributed by atoms with E-state index in [0.29, 0.717) is 18.1 Å². The molecule has 2 atom stereocenters. The number of carbonyl (C=O) groups is 1. The maximum absolute atomic E-state index is 11.5. The SMILES string of the molecule is CC(C)(C(=O)S)C(CC1CO1)CC1CO1. The quantitative estimate of drug-likeness (QED) is 0.557. The van der Waals surface area contributed by atoms with Crippen molar-refractivity contribution in [1.29, 1.82) is 0 Å². The first kappa shape index (κ1) is 11.4. The van der Waals surface area contributed by atoms with Crippen LogP contribution in [0.2, 0.25) is 0 Å². The van der Waals surface area contributed by atoms with Gasteiger partial charge in [-0.15, -0.1) is 12.6 Å². The van der Waals surface area contributed by atoms with E-state index in [9.17, 15) is 4.79 Å².